The summed E-state index contributed by atoms with van der Waals surface area (Å²) >= 11 is 1.71. The number of thiophene rings is 1. The van der Waals surface area contributed by atoms with Crippen molar-refractivity contribution in [1.29, 1.82) is 0 Å². The third-order valence-corrected chi connectivity index (χ3v) is 3.96. The second-order valence-corrected chi connectivity index (χ2v) is 5.56. The Labute approximate surface area is 112 Å². The van der Waals surface area contributed by atoms with Gasteiger partial charge in [-0.3, -0.25) is 16.0 Å². The summed E-state index contributed by atoms with van der Waals surface area (Å²) in [5.74, 6) is 5.67. The van der Waals surface area contributed by atoms with E-state index in [9.17, 15) is 0 Å². The second-order valence-electron chi connectivity index (χ2n) is 4.81. The van der Waals surface area contributed by atoms with E-state index in [-0.39, 0.29) is 6.04 Å². The monoisotopic (exact) mass is 264 g/mol. The van der Waals surface area contributed by atoms with Crippen LogP contribution in [0, 0.1) is 6.92 Å². The van der Waals surface area contributed by atoms with Gasteiger partial charge in [0.15, 0.2) is 0 Å². The van der Waals surface area contributed by atoms with Crippen molar-refractivity contribution in [2.24, 2.45) is 5.84 Å². The van der Waals surface area contributed by atoms with E-state index in [0.717, 1.165) is 12.1 Å². The lowest BCUT2D eigenvalue weighted by Gasteiger charge is -2.14. The molecule has 1 unspecified atom stereocenters. The highest BCUT2D eigenvalue weighted by molar-refractivity contribution is 7.08. The van der Waals surface area contributed by atoms with Crippen LogP contribution in [-0.4, -0.2) is 9.78 Å². The number of rotatable bonds is 5. The van der Waals surface area contributed by atoms with Crippen LogP contribution >= 0.6 is 11.3 Å². The van der Waals surface area contributed by atoms with Crippen LogP contribution in [0.5, 0.6) is 0 Å². The Balaban J connectivity index is 2.13. The van der Waals surface area contributed by atoms with Crippen LogP contribution in [0.1, 0.15) is 42.8 Å². The number of nitrogens with zero attached hydrogens (tertiary/aromatic N) is 2. The first-order chi connectivity index (χ1) is 8.61. The largest absolute Gasteiger partial charge is 0.271 e. The van der Waals surface area contributed by atoms with Crippen LogP contribution in [0.15, 0.2) is 23.0 Å². The summed E-state index contributed by atoms with van der Waals surface area (Å²) in [5, 5.41) is 8.86. The van der Waals surface area contributed by atoms with Crippen molar-refractivity contribution < 1.29 is 0 Å². The Kier molecular flexibility index (Phi) is 4.16. The molecule has 2 aromatic heterocycles. The van der Waals surface area contributed by atoms with Gasteiger partial charge in [0.25, 0.3) is 0 Å². The van der Waals surface area contributed by atoms with Crippen molar-refractivity contribution in [3.8, 4) is 0 Å². The maximum atomic E-state index is 5.67. The highest BCUT2D eigenvalue weighted by Crippen LogP contribution is 2.24. The molecule has 0 aromatic carbocycles. The first kappa shape index (κ1) is 13.3. The number of hydrazine groups is 1. The lowest BCUT2D eigenvalue weighted by molar-refractivity contribution is 0.506. The van der Waals surface area contributed by atoms with Gasteiger partial charge in [0, 0.05) is 18.7 Å². The van der Waals surface area contributed by atoms with E-state index < -0.39 is 0 Å². The highest BCUT2D eigenvalue weighted by Gasteiger charge is 2.15. The van der Waals surface area contributed by atoms with E-state index >= 15 is 0 Å². The summed E-state index contributed by atoms with van der Waals surface area (Å²) in [6.45, 7) is 6.36. The first-order valence-electron chi connectivity index (χ1n) is 6.14. The zero-order valence-corrected chi connectivity index (χ0v) is 11.9. The van der Waals surface area contributed by atoms with Crippen molar-refractivity contribution in [3.63, 3.8) is 0 Å². The van der Waals surface area contributed by atoms with E-state index in [4.69, 9.17) is 5.84 Å². The van der Waals surface area contributed by atoms with E-state index in [2.05, 4.69) is 48.1 Å². The van der Waals surface area contributed by atoms with E-state index in [1.165, 1.54) is 11.1 Å². The fraction of sp³-hybridized carbons (Fsp3) is 0.462. The molecule has 98 valence electrons. The van der Waals surface area contributed by atoms with Gasteiger partial charge >= 0.3 is 0 Å². The molecule has 0 aliphatic carbocycles. The predicted octanol–water partition coefficient (Wildman–Crippen LogP) is 2.58. The maximum Gasteiger partial charge on any atom is 0.0644 e. The third-order valence-electron chi connectivity index (χ3n) is 3.08. The molecule has 0 amide bonds. The quantitative estimate of drug-likeness (QED) is 0.644. The summed E-state index contributed by atoms with van der Waals surface area (Å²) in [6.07, 6.45) is 2.84. The smallest absolute Gasteiger partial charge is 0.0644 e. The van der Waals surface area contributed by atoms with Crippen molar-refractivity contribution in [1.82, 2.24) is 15.2 Å². The first-order valence-corrected chi connectivity index (χ1v) is 7.09. The Morgan fingerprint density at radius 3 is 2.72 bits per heavy atom. The summed E-state index contributed by atoms with van der Waals surface area (Å²) in [5.41, 5.74) is 6.51. The average Bonchev–Trinajstić information content (AvgIpc) is 2.95. The lowest BCUT2D eigenvalue weighted by atomic mass is 10.0. The molecule has 0 aliphatic heterocycles. The molecule has 2 aromatic rings. The summed E-state index contributed by atoms with van der Waals surface area (Å²) in [6, 6.07) is 2.59. The summed E-state index contributed by atoms with van der Waals surface area (Å²) in [7, 11) is 0. The van der Waals surface area contributed by atoms with Crippen molar-refractivity contribution in [2.75, 3.05) is 0 Å². The standard InChI is InChI=1S/C13H20N4S/c1-9(2)17-5-4-11(16-17)6-13(15-14)12-8-18-7-10(12)3/h4-5,7-9,13,15H,6,14H2,1-3H3. The number of aryl methyl sites for hydroxylation is 1. The molecule has 4 nitrogen and oxygen atoms in total. The van der Waals surface area contributed by atoms with Gasteiger partial charge in [-0.1, -0.05) is 0 Å². The second kappa shape index (κ2) is 5.65. The fourth-order valence-corrected chi connectivity index (χ4v) is 2.87. The Morgan fingerprint density at radius 1 is 1.44 bits per heavy atom. The molecule has 0 spiro atoms. The van der Waals surface area contributed by atoms with Crippen molar-refractivity contribution >= 4 is 11.3 Å². The van der Waals surface area contributed by atoms with Gasteiger partial charge in [-0.2, -0.15) is 16.4 Å². The molecule has 2 heterocycles. The van der Waals surface area contributed by atoms with Gasteiger partial charge < -0.3 is 0 Å². The van der Waals surface area contributed by atoms with Gasteiger partial charge in [0.1, 0.15) is 0 Å². The number of nitrogens with two attached hydrogens (primary N) is 1. The Hall–Kier alpha value is -1.17. The minimum absolute atomic E-state index is 0.131. The highest BCUT2D eigenvalue weighted by atomic mass is 32.1. The Morgan fingerprint density at radius 2 is 2.22 bits per heavy atom. The minimum atomic E-state index is 0.131. The van der Waals surface area contributed by atoms with Crippen LogP contribution in [0.25, 0.3) is 0 Å². The maximum absolute atomic E-state index is 5.67. The molecule has 0 fully saturated rings. The fourth-order valence-electron chi connectivity index (χ4n) is 1.97. The molecule has 0 saturated carbocycles. The van der Waals surface area contributed by atoms with Crippen molar-refractivity contribution in [2.45, 2.75) is 39.3 Å². The molecule has 5 heteroatoms. The summed E-state index contributed by atoms with van der Waals surface area (Å²) < 4.78 is 1.98. The van der Waals surface area contributed by atoms with E-state index in [1.807, 2.05) is 10.9 Å². The van der Waals surface area contributed by atoms with Gasteiger partial charge in [0.2, 0.25) is 0 Å². The van der Waals surface area contributed by atoms with Crippen LogP contribution in [0.2, 0.25) is 0 Å². The zero-order chi connectivity index (χ0) is 13.1. The van der Waals surface area contributed by atoms with Crippen LogP contribution in [0.4, 0.5) is 0 Å². The average molecular weight is 264 g/mol. The van der Waals surface area contributed by atoms with Crippen LogP contribution in [-0.2, 0) is 6.42 Å². The lowest BCUT2D eigenvalue weighted by Crippen LogP contribution is -2.29. The molecule has 3 N–H and O–H groups in total. The predicted molar refractivity (Wildman–Crippen MR) is 75.4 cm³/mol. The van der Waals surface area contributed by atoms with E-state index in [1.54, 1.807) is 11.3 Å². The minimum Gasteiger partial charge on any atom is -0.271 e. The van der Waals surface area contributed by atoms with E-state index in [0.29, 0.717) is 6.04 Å². The van der Waals surface area contributed by atoms with Crippen molar-refractivity contribution in [3.05, 3.63) is 39.8 Å². The van der Waals surface area contributed by atoms with Gasteiger partial charge in [-0.15, -0.1) is 0 Å². The summed E-state index contributed by atoms with van der Waals surface area (Å²) in [4.78, 5) is 0. The topological polar surface area (TPSA) is 55.9 Å². The number of hydrogen-bond donors (Lipinski definition) is 2. The van der Waals surface area contributed by atoms with Gasteiger partial charge in [-0.05, 0) is 48.7 Å². The zero-order valence-electron chi connectivity index (χ0n) is 11.1. The molecular formula is C13H20N4S. The molecule has 0 bridgehead atoms. The molecular weight excluding hydrogens is 244 g/mol. The molecule has 0 radical (unpaired) electrons. The molecule has 0 aliphatic rings. The van der Waals surface area contributed by atoms with Gasteiger partial charge in [0.05, 0.1) is 11.7 Å². The van der Waals surface area contributed by atoms with Gasteiger partial charge in [-0.25, -0.2) is 0 Å². The third kappa shape index (κ3) is 2.80. The molecule has 0 saturated heterocycles. The number of hydrogen-bond acceptors (Lipinski definition) is 4. The molecule has 18 heavy (non-hydrogen) atoms. The molecule has 1 atom stereocenters. The number of aromatic nitrogens is 2. The number of nitrogens with one attached hydrogen (secondary N) is 1. The Bertz CT molecular complexity index is 501. The van der Waals surface area contributed by atoms with Crippen LogP contribution in [0.3, 0.4) is 0 Å². The SMILES string of the molecule is Cc1cscc1C(Cc1ccn(C(C)C)n1)NN. The van der Waals surface area contributed by atoms with Crippen LogP contribution < -0.4 is 11.3 Å². The molecule has 2 rings (SSSR count). The normalized spacial score (nSPS) is 13.2.